The van der Waals surface area contributed by atoms with E-state index in [0.29, 0.717) is 13.0 Å². The summed E-state index contributed by atoms with van der Waals surface area (Å²) in [5.74, 6) is -0.0517. The third-order valence-corrected chi connectivity index (χ3v) is 3.67. The molecule has 2 aliphatic heterocycles. The number of carbonyl (C=O) groups is 2. The van der Waals surface area contributed by atoms with E-state index in [9.17, 15) is 9.59 Å². The Hall–Kier alpha value is -1.10. The molecule has 2 rings (SSSR count). The highest BCUT2D eigenvalue weighted by Gasteiger charge is 2.37. The van der Waals surface area contributed by atoms with E-state index in [1.165, 1.54) is 0 Å². The molecular formula is C13H22N2O3. The molecule has 5 heteroatoms. The summed E-state index contributed by atoms with van der Waals surface area (Å²) in [5, 5.41) is 2.72. The van der Waals surface area contributed by atoms with E-state index in [0.717, 1.165) is 12.8 Å². The van der Waals surface area contributed by atoms with Gasteiger partial charge in [-0.05, 0) is 33.1 Å². The van der Waals surface area contributed by atoms with Gasteiger partial charge in [-0.3, -0.25) is 9.59 Å². The van der Waals surface area contributed by atoms with Gasteiger partial charge in [-0.1, -0.05) is 6.92 Å². The fourth-order valence-corrected chi connectivity index (χ4v) is 2.66. The van der Waals surface area contributed by atoms with Crippen molar-refractivity contribution in [3.8, 4) is 0 Å². The molecule has 0 aromatic heterocycles. The van der Waals surface area contributed by atoms with Crippen LogP contribution in [0.1, 0.15) is 40.0 Å². The van der Waals surface area contributed by atoms with Crippen molar-refractivity contribution >= 4 is 11.8 Å². The fraction of sp³-hybridized carbons (Fsp3) is 0.846. The van der Waals surface area contributed by atoms with Gasteiger partial charge in [0.15, 0.2) is 0 Å². The molecule has 18 heavy (non-hydrogen) atoms. The Morgan fingerprint density at radius 1 is 1.44 bits per heavy atom. The molecule has 0 bridgehead atoms. The number of hydrogen-bond donors (Lipinski definition) is 1. The van der Waals surface area contributed by atoms with Gasteiger partial charge in [0.05, 0.1) is 18.2 Å². The number of carbonyl (C=O) groups excluding carboxylic acids is 2. The number of nitrogens with zero attached hydrogens (tertiary/aromatic N) is 1. The van der Waals surface area contributed by atoms with Crippen LogP contribution in [0.5, 0.6) is 0 Å². The molecule has 2 aliphatic rings. The molecule has 2 saturated heterocycles. The molecular weight excluding hydrogens is 232 g/mol. The fourth-order valence-electron chi connectivity index (χ4n) is 2.66. The summed E-state index contributed by atoms with van der Waals surface area (Å²) in [6.45, 7) is 6.72. The van der Waals surface area contributed by atoms with Crippen LogP contribution in [0.15, 0.2) is 0 Å². The average Bonchev–Trinajstić information content (AvgIpc) is 2.62. The van der Waals surface area contributed by atoms with Crippen LogP contribution < -0.4 is 5.32 Å². The lowest BCUT2D eigenvalue weighted by Gasteiger charge is -2.33. The molecule has 2 unspecified atom stereocenters. The summed E-state index contributed by atoms with van der Waals surface area (Å²) >= 11 is 0. The molecule has 102 valence electrons. The summed E-state index contributed by atoms with van der Waals surface area (Å²) in [7, 11) is 0. The zero-order valence-corrected chi connectivity index (χ0v) is 11.4. The summed E-state index contributed by atoms with van der Waals surface area (Å²) < 4.78 is 5.88. The molecule has 0 saturated carbocycles. The molecule has 2 amide bonds. The number of nitrogens with one attached hydrogen (secondary N) is 1. The molecule has 2 atom stereocenters. The van der Waals surface area contributed by atoms with Crippen LogP contribution in [0, 0.1) is 0 Å². The van der Waals surface area contributed by atoms with E-state index >= 15 is 0 Å². The van der Waals surface area contributed by atoms with E-state index in [-0.39, 0.29) is 36.1 Å². The SMILES string of the molecule is CCC1NC(=O)CN(CC2CCC(C)(C)O2)C1=O. The molecule has 1 N–H and O–H groups in total. The van der Waals surface area contributed by atoms with Crippen LogP contribution in [-0.2, 0) is 14.3 Å². The first-order chi connectivity index (χ1) is 8.41. The maximum Gasteiger partial charge on any atom is 0.245 e. The number of piperazine rings is 1. The first kappa shape index (κ1) is 13.3. The van der Waals surface area contributed by atoms with Gasteiger partial charge in [-0.15, -0.1) is 0 Å². The van der Waals surface area contributed by atoms with Crippen molar-refractivity contribution in [2.75, 3.05) is 13.1 Å². The molecule has 0 spiro atoms. The molecule has 2 fully saturated rings. The lowest BCUT2D eigenvalue weighted by molar-refractivity contribution is -0.146. The number of amides is 2. The summed E-state index contributed by atoms with van der Waals surface area (Å²) in [6, 6.07) is -0.360. The van der Waals surface area contributed by atoms with Gasteiger partial charge in [-0.25, -0.2) is 0 Å². The maximum absolute atomic E-state index is 12.1. The van der Waals surface area contributed by atoms with E-state index in [2.05, 4.69) is 19.2 Å². The second-order valence-electron chi connectivity index (χ2n) is 5.79. The summed E-state index contributed by atoms with van der Waals surface area (Å²) in [6.07, 6.45) is 2.66. The van der Waals surface area contributed by atoms with E-state index in [1.54, 1.807) is 4.90 Å². The molecule has 0 aliphatic carbocycles. The van der Waals surface area contributed by atoms with Crippen molar-refractivity contribution in [1.82, 2.24) is 10.2 Å². The van der Waals surface area contributed by atoms with E-state index < -0.39 is 0 Å². The zero-order chi connectivity index (χ0) is 13.3. The van der Waals surface area contributed by atoms with Gasteiger partial charge in [0.25, 0.3) is 0 Å². The standard InChI is InChI=1S/C13H22N2O3/c1-4-10-12(17)15(8-11(16)14-10)7-9-5-6-13(2,3)18-9/h9-10H,4-8H2,1-3H3,(H,14,16). The second-order valence-corrected chi connectivity index (χ2v) is 5.79. The number of ether oxygens (including phenoxy) is 1. The highest BCUT2D eigenvalue weighted by molar-refractivity contribution is 5.94. The normalized spacial score (nSPS) is 31.6. The number of hydrogen-bond acceptors (Lipinski definition) is 3. The molecule has 0 radical (unpaired) electrons. The Morgan fingerprint density at radius 2 is 2.17 bits per heavy atom. The van der Waals surface area contributed by atoms with Crippen LogP contribution in [-0.4, -0.2) is 47.6 Å². The average molecular weight is 254 g/mol. The monoisotopic (exact) mass is 254 g/mol. The van der Waals surface area contributed by atoms with Crippen molar-refractivity contribution in [2.45, 2.75) is 57.8 Å². The highest BCUT2D eigenvalue weighted by Crippen LogP contribution is 2.29. The highest BCUT2D eigenvalue weighted by atomic mass is 16.5. The summed E-state index contributed by atoms with van der Waals surface area (Å²) in [4.78, 5) is 25.3. The van der Waals surface area contributed by atoms with Gasteiger partial charge in [0, 0.05) is 6.54 Å². The number of rotatable bonds is 3. The first-order valence-electron chi connectivity index (χ1n) is 6.67. The van der Waals surface area contributed by atoms with Gasteiger partial charge in [0.2, 0.25) is 11.8 Å². The Bertz CT molecular complexity index is 354. The molecule has 5 nitrogen and oxygen atoms in total. The van der Waals surface area contributed by atoms with Gasteiger partial charge in [-0.2, -0.15) is 0 Å². The zero-order valence-electron chi connectivity index (χ0n) is 11.4. The lowest BCUT2D eigenvalue weighted by Crippen LogP contribution is -2.59. The van der Waals surface area contributed by atoms with Crippen molar-refractivity contribution in [1.29, 1.82) is 0 Å². The smallest absolute Gasteiger partial charge is 0.245 e. The van der Waals surface area contributed by atoms with Crippen LogP contribution in [0.2, 0.25) is 0 Å². The van der Waals surface area contributed by atoms with Crippen LogP contribution in [0.4, 0.5) is 0 Å². The van der Waals surface area contributed by atoms with Crippen molar-refractivity contribution in [3.63, 3.8) is 0 Å². The van der Waals surface area contributed by atoms with Crippen molar-refractivity contribution < 1.29 is 14.3 Å². The quantitative estimate of drug-likeness (QED) is 0.806. The lowest BCUT2D eigenvalue weighted by atomic mass is 10.0. The van der Waals surface area contributed by atoms with Crippen molar-refractivity contribution in [2.24, 2.45) is 0 Å². The second kappa shape index (κ2) is 4.88. The van der Waals surface area contributed by atoms with Gasteiger partial charge in [0.1, 0.15) is 6.04 Å². The largest absolute Gasteiger partial charge is 0.371 e. The van der Waals surface area contributed by atoms with Crippen molar-refractivity contribution in [3.05, 3.63) is 0 Å². The Labute approximate surface area is 108 Å². The predicted octanol–water partition coefficient (Wildman–Crippen LogP) is 0.681. The third kappa shape index (κ3) is 2.83. The van der Waals surface area contributed by atoms with Gasteiger partial charge < -0.3 is 15.0 Å². The minimum absolute atomic E-state index is 0.0189. The maximum atomic E-state index is 12.1. The van der Waals surface area contributed by atoms with Crippen LogP contribution >= 0.6 is 0 Å². The molecule has 2 heterocycles. The third-order valence-electron chi connectivity index (χ3n) is 3.67. The van der Waals surface area contributed by atoms with E-state index in [4.69, 9.17) is 4.74 Å². The Kier molecular flexibility index (Phi) is 3.61. The Balaban J connectivity index is 1.96. The summed E-state index contributed by atoms with van der Waals surface area (Å²) in [5.41, 5.74) is -0.101. The van der Waals surface area contributed by atoms with Crippen LogP contribution in [0.3, 0.4) is 0 Å². The van der Waals surface area contributed by atoms with Crippen LogP contribution in [0.25, 0.3) is 0 Å². The minimum atomic E-state index is -0.360. The molecule has 0 aromatic rings. The topological polar surface area (TPSA) is 58.6 Å². The predicted molar refractivity (Wildman–Crippen MR) is 67.0 cm³/mol. The first-order valence-corrected chi connectivity index (χ1v) is 6.67. The van der Waals surface area contributed by atoms with Gasteiger partial charge >= 0.3 is 0 Å². The van der Waals surface area contributed by atoms with E-state index in [1.807, 2.05) is 6.92 Å². The minimum Gasteiger partial charge on any atom is -0.371 e. The Morgan fingerprint density at radius 3 is 2.72 bits per heavy atom. The molecule has 0 aromatic carbocycles.